The summed E-state index contributed by atoms with van der Waals surface area (Å²) in [5.41, 5.74) is 6.05. The van der Waals surface area contributed by atoms with Crippen molar-refractivity contribution in [2.45, 2.75) is 55.4 Å². The number of carbonyl (C=O) groups is 1. The molecule has 0 bridgehead atoms. The summed E-state index contributed by atoms with van der Waals surface area (Å²) in [5.74, 6) is -0.935. The monoisotopic (exact) mass is 626 g/mol. The topological polar surface area (TPSA) is 37.3 Å². The van der Waals surface area contributed by atoms with E-state index in [0.717, 1.165) is 27.8 Å². The van der Waals surface area contributed by atoms with Crippen LogP contribution in [0.25, 0.3) is 5.57 Å². The number of benzene rings is 1. The first-order chi connectivity index (χ1) is 12.3. The van der Waals surface area contributed by atoms with Crippen molar-refractivity contribution in [2.24, 2.45) is 0 Å². The van der Waals surface area contributed by atoms with Crippen LogP contribution in [-0.4, -0.2) is 11.1 Å². The Bertz CT molecular complexity index is 684. The average Bonchev–Trinajstić information content (AvgIpc) is 2.63. The molecule has 1 N–H and O–H groups in total. The number of hydrogen-bond acceptors (Lipinski definition) is 1. The zero-order valence-corrected chi connectivity index (χ0v) is 24.3. The first-order valence-corrected chi connectivity index (χ1v) is 9.02. The van der Waals surface area contributed by atoms with Crippen molar-refractivity contribution in [3.8, 4) is 0 Å². The van der Waals surface area contributed by atoms with Crippen LogP contribution >= 0.6 is 0 Å². The van der Waals surface area contributed by atoms with E-state index in [0.29, 0.717) is 5.57 Å². The molecule has 0 aromatic heterocycles. The molecule has 1 radical (unpaired) electrons. The molecule has 0 amide bonds. The minimum atomic E-state index is -0.935. The van der Waals surface area contributed by atoms with Crippen LogP contribution in [0, 0.1) is 26.0 Å². The first kappa shape index (κ1) is 34.8. The van der Waals surface area contributed by atoms with Gasteiger partial charge in [0.1, 0.15) is 0 Å². The minimum absolute atomic E-state index is 0. The smallest absolute Gasteiger partial charge is 0.328 e. The fraction of sp³-hybridized carbons (Fsp3) is 0.333. The normalized spacial score (nSPS) is 11.2. The predicted octanol–water partition coefficient (Wildman–Crippen LogP) is 6.76. The molecule has 2 nitrogen and oxygen atoms in total. The molecule has 1 rings (SSSR count). The van der Waals surface area contributed by atoms with Crippen LogP contribution in [0.15, 0.2) is 47.6 Å². The maximum absolute atomic E-state index is 10.6. The number of aryl methyl sites for hydroxylation is 1. The molecule has 0 fully saturated rings. The Kier molecular flexibility index (Phi) is 26.1. The molecule has 4 heteroatoms. The van der Waals surface area contributed by atoms with E-state index >= 15 is 0 Å². The van der Waals surface area contributed by atoms with E-state index < -0.39 is 5.97 Å². The van der Waals surface area contributed by atoms with Gasteiger partial charge in [0.25, 0.3) is 0 Å². The van der Waals surface area contributed by atoms with Gasteiger partial charge in [-0.3, -0.25) is 17.7 Å². The second-order valence-electron chi connectivity index (χ2n) is 5.16. The van der Waals surface area contributed by atoms with Crippen molar-refractivity contribution in [3.05, 3.63) is 83.3 Å². The molecule has 0 aliphatic heterocycles. The van der Waals surface area contributed by atoms with Crippen molar-refractivity contribution in [1.82, 2.24) is 0 Å². The van der Waals surface area contributed by atoms with E-state index in [1.165, 1.54) is 6.08 Å². The van der Waals surface area contributed by atoms with Gasteiger partial charge in [0.05, 0.1) is 0 Å². The van der Waals surface area contributed by atoms with E-state index in [1.807, 2.05) is 59.8 Å². The third-order valence-electron chi connectivity index (χ3n) is 3.36. The van der Waals surface area contributed by atoms with Gasteiger partial charge in [0.2, 0.25) is 0 Å². The third-order valence-corrected chi connectivity index (χ3v) is 3.36. The summed E-state index contributed by atoms with van der Waals surface area (Å²) in [6.45, 7) is 19.5. The Morgan fingerprint density at radius 1 is 1.14 bits per heavy atom. The largest absolute Gasteiger partial charge is 0.478 e. The number of carboxylic acids is 1. The zero-order chi connectivity index (χ0) is 20.7. The van der Waals surface area contributed by atoms with E-state index in [4.69, 9.17) is 5.11 Å². The standard InChI is InChI=1S/C20H21O2.2C2H6.W.Y/c1-6-7-18-11-10-16(4)19(13-18)17(5)15(3)9-8-14(2)12-20(21)22;2*1-2;;/h6,8-10,12-13H,1H2,2-5H3,(H,21,22);2*1-2H3;;/q-3;;;;/b9-8+,14-12+,17-15-;;;;. The molecular formula is C24H33O2WY-3. The quantitative estimate of drug-likeness (QED) is 0.223. The van der Waals surface area contributed by atoms with Crippen LogP contribution in [0.5, 0.6) is 0 Å². The Balaban J connectivity index is -0.000000449. The average molecular weight is 626 g/mol. The maximum Gasteiger partial charge on any atom is 0.328 e. The molecule has 28 heavy (non-hydrogen) atoms. The second-order valence-corrected chi connectivity index (χ2v) is 5.16. The molecule has 0 spiro atoms. The minimum Gasteiger partial charge on any atom is -0.478 e. The summed E-state index contributed by atoms with van der Waals surface area (Å²) in [7, 11) is 0. The van der Waals surface area contributed by atoms with Gasteiger partial charge in [-0.1, -0.05) is 51.0 Å². The van der Waals surface area contributed by atoms with Gasteiger partial charge in [-0.15, -0.1) is 6.92 Å². The van der Waals surface area contributed by atoms with E-state index in [1.54, 1.807) is 19.1 Å². The Morgan fingerprint density at radius 3 is 2.14 bits per heavy atom. The molecule has 1 aromatic rings. The number of rotatable bonds is 5. The van der Waals surface area contributed by atoms with Gasteiger partial charge in [-0.2, -0.15) is 5.56 Å². The van der Waals surface area contributed by atoms with Crippen molar-refractivity contribution in [1.29, 1.82) is 0 Å². The molecule has 0 saturated carbocycles. The van der Waals surface area contributed by atoms with Crippen LogP contribution in [0.4, 0.5) is 0 Å². The van der Waals surface area contributed by atoms with Crippen LogP contribution in [-0.2, 0) is 58.6 Å². The number of carboxylic acid groups (broad SMARTS) is 1. The maximum atomic E-state index is 10.6. The van der Waals surface area contributed by atoms with E-state index in [2.05, 4.69) is 26.0 Å². The van der Waals surface area contributed by atoms with Gasteiger partial charge in [0, 0.05) is 59.9 Å². The molecule has 0 saturated heterocycles. The van der Waals surface area contributed by atoms with Crippen LogP contribution in [0.1, 0.15) is 65.2 Å². The molecule has 0 heterocycles. The molecule has 0 aliphatic rings. The number of hydrogen-bond donors (Lipinski definition) is 1. The van der Waals surface area contributed by atoms with Crippen molar-refractivity contribution in [2.75, 3.05) is 0 Å². The summed E-state index contributed by atoms with van der Waals surface area (Å²) >= 11 is 0. The summed E-state index contributed by atoms with van der Waals surface area (Å²) in [5, 5.41) is 8.71. The van der Waals surface area contributed by atoms with Crippen LogP contribution < -0.4 is 0 Å². The van der Waals surface area contributed by atoms with Gasteiger partial charge >= 0.3 is 5.97 Å². The molecule has 1 aromatic carbocycles. The van der Waals surface area contributed by atoms with E-state index in [9.17, 15) is 4.79 Å². The predicted molar refractivity (Wildman–Crippen MR) is 114 cm³/mol. The number of allylic oxidation sites excluding steroid dienone is 6. The van der Waals surface area contributed by atoms with E-state index in [-0.39, 0.29) is 53.8 Å². The zero-order valence-electron chi connectivity index (χ0n) is 18.5. The van der Waals surface area contributed by atoms with Crippen LogP contribution in [0.2, 0.25) is 0 Å². The molecule has 0 aliphatic carbocycles. The van der Waals surface area contributed by atoms with Crippen molar-refractivity contribution >= 4 is 11.5 Å². The summed E-state index contributed by atoms with van der Waals surface area (Å²) < 4.78 is 0. The Labute approximate surface area is 212 Å². The summed E-state index contributed by atoms with van der Waals surface area (Å²) in [4.78, 5) is 10.6. The second kappa shape index (κ2) is 21.0. The number of aliphatic carboxylic acids is 1. The molecule has 0 atom stereocenters. The SMILES string of the molecule is CC.CC.[CH2-]C=[C-]c1[c-]cc(C)c(\C(C)=C(C)/C=C/C(C)=C/C(=O)O)c1.[W].[Y]. The van der Waals surface area contributed by atoms with Gasteiger partial charge in [0.15, 0.2) is 0 Å². The molecular weight excluding hydrogens is 593 g/mol. The van der Waals surface area contributed by atoms with Gasteiger partial charge in [-0.25, -0.2) is 22.5 Å². The van der Waals surface area contributed by atoms with Crippen molar-refractivity contribution in [3.63, 3.8) is 0 Å². The Morgan fingerprint density at radius 2 is 1.68 bits per heavy atom. The molecule has 153 valence electrons. The van der Waals surface area contributed by atoms with Crippen LogP contribution in [0.3, 0.4) is 0 Å². The van der Waals surface area contributed by atoms with Gasteiger partial charge < -0.3 is 18.1 Å². The van der Waals surface area contributed by atoms with Gasteiger partial charge in [-0.05, 0) is 26.3 Å². The van der Waals surface area contributed by atoms with Crippen molar-refractivity contribution < 1.29 is 63.7 Å². The fourth-order valence-electron chi connectivity index (χ4n) is 2.00. The summed E-state index contributed by atoms with van der Waals surface area (Å²) in [6, 6.07) is 7.12. The third kappa shape index (κ3) is 14.3. The summed E-state index contributed by atoms with van der Waals surface area (Å²) in [6.07, 6.45) is 9.58. The first-order valence-electron chi connectivity index (χ1n) is 9.02. The molecule has 0 unspecified atom stereocenters. The fourth-order valence-corrected chi connectivity index (χ4v) is 2.00. The Hall–Kier alpha value is -0.688.